The highest BCUT2D eigenvalue weighted by Crippen LogP contribution is 2.32. The summed E-state index contributed by atoms with van der Waals surface area (Å²) in [5.41, 5.74) is 3.33. The molecule has 122 valence electrons. The molecule has 3 rings (SSSR count). The Morgan fingerprint density at radius 1 is 1.39 bits per heavy atom. The van der Waals surface area contributed by atoms with Crippen LogP contribution in [0.15, 0.2) is 24.4 Å². The Morgan fingerprint density at radius 2 is 2.26 bits per heavy atom. The first-order valence-electron chi connectivity index (χ1n) is 7.69. The quantitative estimate of drug-likeness (QED) is 0.577. The van der Waals surface area contributed by atoms with Gasteiger partial charge in [-0.1, -0.05) is 0 Å². The van der Waals surface area contributed by atoms with E-state index in [0.717, 1.165) is 30.3 Å². The van der Waals surface area contributed by atoms with Crippen molar-refractivity contribution >= 4 is 22.6 Å². The number of aromatic nitrogens is 2. The fourth-order valence-electron chi connectivity index (χ4n) is 3.17. The highest BCUT2D eigenvalue weighted by atomic mass is 16.5. The molecule has 0 spiro atoms. The zero-order chi connectivity index (χ0) is 16.2. The average Bonchev–Trinajstić information content (AvgIpc) is 3.01. The molecule has 0 radical (unpaired) electrons. The second-order valence-electron chi connectivity index (χ2n) is 5.84. The van der Waals surface area contributed by atoms with Gasteiger partial charge in [0.05, 0.1) is 7.11 Å². The summed E-state index contributed by atoms with van der Waals surface area (Å²) in [6, 6.07) is 6.00. The van der Waals surface area contributed by atoms with Crippen LogP contribution < -0.4 is 15.5 Å². The van der Waals surface area contributed by atoms with Crippen LogP contribution in [0, 0.1) is 5.92 Å². The van der Waals surface area contributed by atoms with Crippen molar-refractivity contribution in [3.8, 4) is 5.88 Å². The molecular formula is C16H20N4O3. The Kier molecular flexibility index (Phi) is 4.57. The molecule has 2 atom stereocenters. The number of carbonyl (C=O) groups is 1. The minimum atomic E-state index is -0.318. The van der Waals surface area contributed by atoms with Crippen molar-refractivity contribution in [1.29, 1.82) is 0 Å². The molecule has 1 aliphatic rings. The zero-order valence-corrected chi connectivity index (χ0v) is 13.0. The van der Waals surface area contributed by atoms with Crippen LogP contribution in [-0.4, -0.2) is 34.2 Å². The lowest BCUT2D eigenvalue weighted by Gasteiger charge is -2.16. The van der Waals surface area contributed by atoms with E-state index < -0.39 is 0 Å². The van der Waals surface area contributed by atoms with Crippen molar-refractivity contribution in [2.45, 2.75) is 31.7 Å². The molecule has 2 heterocycles. The molecule has 0 aromatic carbocycles. The van der Waals surface area contributed by atoms with E-state index in [4.69, 9.17) is 9.94 Å². The highest BCUT2D eigenvalue weighted by molar-refractivity contribution is 5.89. The van der Waals surface area contributed by atoms with E-state index in [1.54, 1.807) is 18.8 Å². The molecule has 1 aliphatic carbocycles. The van der Waals surface area contributed by atoms with E-state index in [1.807, 2.05) is 18.2 Å². The summed E-state index contributed by atoms with van der Waals surface area (Å²) in [6.07, 6.45) is 4.96. The van der Waals surface area contributed by atoms with Gasteiger partial charge in [0.2, 0.25) is 11.8 Å². The van der Waals surface area contributed by atoms with Crippen molar-refractivity contribution in [3.63, 3.8) is 0 Å². The first-order valence-corrected chi connectivity index (χ1v) is 7.69. The number of nitrogens with one attached hydrogen (secondary N) is 2. The lowest BCUT2D eigenvalue weighted by atomic mass is 10.0. The second kappa shape index (κ2) is 6.78. The van der Waals surface area contributed by atoms with Crippen LogP contribution in [0.1, 0.15) is 25.7 Å². The number of carbonyl (C=O) groups excluding carboxylic acids is 1. The molecular weight excluding hydrogens is 296 g/mol. The number of hydrogen-bond acceptors (Lipinski definition) is 6. The van der Waals surface area contributed by atoms with Gasteiger partial charge in [-0.2, -0.15) is 4.98 Å². The number of hydroxylamine groups is 1. The summed E-state index contributed by atoms with van der Waals surface area (Å²) in [4.78, 5) is 19.9. The molecule has 0 saturated heterocycles. The normalized spacial score (nSPS) is 20.4. The highest BCUT2D eigenvalue weighted by Gasteiger charge is 2.26. The van der Waals surface area contributed by atoms with Gasteiger partial charge in [0.25, 0.3) is 0 Å². The van der Waals surface area contributed by atoms with Crippen LogP contribution in [0.5, 0.6) is 5.88 Å². The summed E-state index contributed by atoms with van der Waals surface area (Å²) >= 11 is 0. The molecule has 3 N–H and O–H groups in total. The second-order valence-corrected chi connectivity index (χ2v) is 5.84. The number of nitrogens with zero attached hydrogens (tertiary/aromatic N) is 2. The summed E-state index contributed by atoms with van der Waals surface area (Å²) in [6.45, 7) is 0. The lowest BCUT2D eigenvalue weighted by molar-refractivity contribution is -0.130. The Balaban J connectivity index is 1.71. The predicted molar refractivity (Wildman–Crippen MR) is 85.4 cm³/mol. The fraction of sp³-hybridized carbons (Fsp3) is 0.438. The first-order chi connectivity index (χ1) is 11.2. The van der Waals surface area contributed by atoms with Gasteiger partial charge < -0.3 is 10.1 Å². The van der Waals surface area contributed by atoms with E-state index >= 15 is 0 Å². The molecule has 0 aliphatic heterocycles. The van der Waals surface area contributed by atoms with E-state index in [1.165, 1.54) is 0 Å². The minimum absolute atomic E-state index is 0.297. The van der Waals surface area contributed by atoms with E-state index in [9.17, 15) is 4.79 Å². The van der Waals surface area contributed by atoms with Crippen molar-refractivity contribution in [1.82, 2.24) is 15.4 Å². The number of amides is 1. The maximum Gasteiger partial charge on any atom is 0.243 e. The van der Waals surface area contributed by atoms with Gasteiger partial charge >= 0.3 is 0 Å². The number of pyridine rings is 2. The molecule has 1 saturated carbocycles. The monoisotopic (exact) mass is 316 g/mol. The third-order valence-corrected chi connectivity index (χ3v) is 4.29. The van der Waals surface area contributed by atoms with Crippen molar-refractivity contribution in [2.24, 2.45) is 5.92 Å². The van der Waals surface area contributed by atoms with Gasteiger partial charge in [0, 0.05) is 35.8 Å². The maximum absolute atomic E-state index is 11.3. The SMILES string of the molecule is COc1ccc2c(NC3CCC(CC(=O)NO)C3)ccnc2n1. The lowest BCUT2D eigenvalue weighted by Crippen LogP contribution is -2.22. The third kappa shape index (κ3) is 3.50. The summed E-state index contributed by atoms with van der Waals surface area (Å²) < 4.78 is 5.13. The summed E-state index contributed by atoms with van der Waals surface area (Å²) in [7, 11) is 1.58. The first kappa shape index (κ1) is 15.5. The Labute approximate surface area is 134 Å². The maximum atomic E-state index is 11.3. The molecule has 2 unspecified atom stereocenters. The molecule has 1 amide bonds. The van der Waals surface area contributed by atoms with Gasteiger partial charge in [0.1, 0.15) is 0 Å². The average molecular weight is 316 g/mol. The smallest absolute Gasteiger partial charge is 0.243 e. The Morgan fingerprint density at radius 3 is 3.04 bits per heavy atom. The fourth-order valence-corrected chi connectivity index (χ4v) is 3.17. The predicted octanol–water partition coefficient (Wildman–Crippen LogP) is 2.11. The van der Waals surface area contributed by atoms with Crippen LogP contribution >= 0.6 is 0 Å². The molecule has 2 aromatic heterocycles. The topological polar surface area (TPSA) is 96.4 Å². The zero-order valence-electron chi connectivity index (χ0n) is 13.0. The van der Waals surface area contributed by atoms with Gasteiger partial charge in [0.15, 0.2) is 5.65 Å². The number of fused-ring (bicyclic) bond motifs is 1. The number of methoxy groups -OCH3 is 1. The number of anilines is 1. The molecule has 7 heteroatoms. The largest absolute Gasteiger partial charge is 0.481 e. The third-order valence-electron chi connectivity index (χ3n) is 4.29. The molecule has 7 nitrogen and oxygen atoms in total. The van der Waals surface area contributed by atoms with Gasteiger partial charge in [-0.3, -0.25) is 10.0 Å². The van der Waals surface area contributed by atoms with Gasteiger partial charge in [-0.25, -0.2) is 10.5 Å². The van der Waals surface area contributed by atoms with Crippen LogP contribution in [0.3, 0.4) is 0 Å². The Hall–Kier alpha value is -2.41. The van der Waals surface area contributed by atoms with Crippen LogP contribution in [0.2, 0.25) is 0 Å². The standard InChI is InChI=1S/C16H20N4O3/c1-23-15-5-4-12-13(6-7-17-16(12)19-15)18-11-3-2-10(8-11)9-14(21)20-22/h4-7,10-11,22H,2-3,8-9H2,1H3,(H,20,21)(H,17,18,19). The number of ether oxygens (including phenoxy) is 1. The van der Waals surface area contributed by atoms with Crippen molar-refractivity contribution < 1.29 is 14.7 Å². The van der Waals surface area contributed by atoms with E-state index in [2.05, 4.69) is 15.3 Å². The number of hydrogen-bond donors (Lipinski definition) is 3. The van der Waals surface area contributed by atoms with E-state index in [0.29, 0.717) is 29.9 Å². The Bertz CT molecular complexity index is 707. The van der Waals surface area contributed by atoms with Crippen LogP contribution in [0.25, 0.3) is 11.0 Å². The number of rotatable bonds is 5. The van der Waals surface area contributed by atoms with Crippen molar-refractivity contribution in [2.75, 3.05) is 12.4 Å². The minimum Gasteiger partial charge on any atom is -0.481 e. The van der Waals surface area contributed by atoms with Crippen molar-refractivity contribution in [3.05, 3.63) is 24.4 Å². The van der Waals surface area contributed by atoms with Gasteiger partial charge in [-0.05, 0) is 37.3 Å². The van der Waals surface area contributed by atoms with Crippen LogP contribution in [0.4, 0.5) is 5.69 Å². The molecule has 23 heavy (non-hydrogen) atoms. The van der Waals surface area contributed by atoms with Gasteiger partial charge in [-0.15, -0.1) is 0 Å². The summed E-state index contributed by atoms with van der Waals surface area (Å²) in [5.74, 6) is 0.519. The van der Waals surface area contributed by atoms with Crippen LogP contribution in [-0.2, 0) is 4.79 Å². The van der Waals surface area contributed by atoms with E-state index in [-0.39, 0.29) is 5.91 Å². The molecule has 2 aromatic rings. The summed E-state index contributed by atoms with van der Waals surface area (Å²) in [5, 5.41) is 13.1. The molecule has 0 bridgehead atoms. The molecule has 1 fully saturated rings.